The summed E-state index contributed by atoms with van der Waals surface area (Å²) < 4.78 is 1.75. The quantitative estimate of drug-likeness (QED) is 0.561. The molecule has 3 nitrogen and oxygen atoms in total. The molecular formula is C6H11B2N3. The van der Waals surface area contributed by atoms with E-state index in [1.165, 1.54) is 0 Å². The topological polar surface area (TPSA) is 30.7 Å². The molecule has 0 fully saturated rings. The molecule has 0 saturated carbocycles. The summed E-state index contributed by atoms with van der Waals surface area (Å²) in [7, 11) is 3.94. The Morgan fingerprint density at radius 3 is 2.73 bits per heavy atom. The van der Waals surface area contributed by atoms with E-state index >= 15 is 0 Å². The van der Waals surface area contributed by atoms with Gasteiger partial charge in [-0.2, -0.15) is 0 Å². The van der Waals surface area contributed by atoms with E-state index in [0.717, 1.165) is 5.59 Å². The van der Waals surface area contributed by atoms with Gasteiger partial charge in [0, 0.05) is 11.8 Å². The summed E-state index contributed by atoms with van der Waals surface area (Å²) >= 11 is 0. The minimum absolute atomic E-state index is 0.501. The van der Waals surface area contributed by atoms with Gasteiger partial charge < -0.3 is 4.59 Å². The van der Waals surface area contributed by atoms with Crippen molar-refractivity contribution in [3.63, 3.8) is 0 Å². The highest BCUT2D eigenvalue weighted by molar-refractivity contribution is 6.50. The van der Waals surface area contributed by atoms with Gasteiger partial charge in [-0.25, -0.2) is 0 Å². The molecule has 0 amide bonds. The average molecular weight is 147 g/mol. The molecule has 11 heavy (non-hydrogen) atoms. The number of nitrogens with zero attached hydrogens (tertiary/aromatic N) is 3. The maximum absolute atomic E-state index is 3.91. The van der Waals surface area contributed by atoms with Gasteiger partial charge in [0.1, 0.15) is 0 Å². The molecule has 0 bridgehead atoms. The van der Waals surface area contributed by atoms with Crippen LogP contribution in [0.5, 0.6) is 0 Å². The van der Waals surface area contributed by atoms with Gasteiger partial charge in [-0.1, -0.05) is 25.9 Å². The van der Waals surface area contributed by atoms with Crippen LogP contribution in [0.15, 0.2) is 6.20 Å². The zero-order chi connectivity index (χ0) is 8.27. The Morgan fingerprint density at radius 2 is 2.27 bits per heavy atom. The molecule has 0 aromatic carbocycles. The zero-order valence-electron chi connectivity index (χ0n) is 7.15. The molecule has 1 heterocycles. The summed E-state index contributed by atoms with van der Waals surface area (Å²) in [5, 5.41) is 7.82. The zero-order valence-corrected chi connectivity index (χ0v) is 7.15. The van der Waals surface area contributed by atoms with Crippen molar-refractivity contribution in [1.82, 2.24) is 14.9 Å². The van der Waals surface area contributed by atoms with Crippen molar-refractivity contribution in [2.75, 3.05) is 0 Å². The van der Waals surface area contributed by atoms with Crippen LogP contribution in [0.25, 0.3) is 0 Å². The van der Waals surface area contributed by atoms with Crippen LogP contribution >= 0.6 is 0 Å². The highest BCUT2D eigenvalue weighted by Crippen LogP contribution is 1.95. The van der Waals surface area contributed by atoms with Gasteiger partial charge in [-0.15, -0.1) is 5.10 Å². The first-order valence-electron chi connectivity index (χ1n) is 3.78. The van der Waals surface area contributed by atoms with Crippen LogP contribution in [-0.4, -0.2) is 29.6 Å². The molecular weight excluding hydrogens is 136 g/mol. The van der Waals surface area contributed by atoms with Crippen molar-refractivity contribution in [2.45, 2.75) is 26.5 Å². The van der Waals surface area contributed by atoms with E-state index in [4.69, 9.17) is 0 Å². The number of rotatable bonds is 3. The Kier molecular flexibility index (Phi) is 2.74. The second-order valence-electron chi connectivity index (χ2n) is 2.81. The van der Waals surface area contributed by atoms with Gasteiger partial charge in [0.25, 0.3) is 7.41 Å². The molecule has 56 valence electrons. The number of hydrogen-bond donors (Lipinski definition) is 0. The van der Waals surface area contributed by atoms with E-state index in [-0.39, 0.29) is 0 Å². The van der Waals surface area contributed by atoms with Crippen molar-refractivity contribution in [3.05, 3.63) is 6.20 Å². The standard InChI is InChI=1S/C6H11B2N3/c1-5(2)8-11-4-6(7-3)9-10-11/h4-5H,1-3H3. The Morgan fingerprint density at radius 1 is 1.55 bits per heavy atom. The van der Waals surface area contributed by atoms with Crippen molar-refractivity contribution >= 4 is 20.3 Å². The lowest BCUT2D eigenvalue weighted by molar-refractivity contribution is 0.847. The van der Waals surface area contributed by atoms with Gasteiger partial charge in [0.15, 0.2) is 7.28 Å². The maximum Gasteiger partial charge on any atom is 0.284 e. The lowest BCUT2D eigenvalue weighted by Gasteiger charge is -1.98. The highest BCUT2D eigenvalue weighted by atomic mass is 15.4. The molecule has 0 aliphatic carbocycles. The van der Waals surface area contributed by atoms with Crippen molar-refractivity contribution in [3.8, 4) is 0 Å². The third kappa shape index (κ3) is 2.41. The molecule has 1 rings (SSSR count). The van der Waals surface area contributed by atoms with E-state index in [1.807, 2.05) is 27.7 Å². The third-order valence-electron chi connectivity index (χ3n) is 1.27. The van der Waals surface area contributed by atoms with Gasteiger partial charge >= 0.3 is 0 Å². The van der Waals surface area contributed by atoms with Crippen LogP contribution in [-0.2, 0) is 0 Å². The predicted octanol–water partition coefficient (Wildman–Crippen LogP) is -0.0487. The minimum Gasteiger partial charge on any atom is -0.304 e. The highest BCUT2D eigenvalue weighted by Gasteiger charge is 2.02. The van der Waals surface area contributed by atoms with E-state index in [9.17, 15) is 0 Å². The fourth-order valence-electron chi connectivity index (χ4n) is 0.801. The summed E-state index contributed by atoms with van der Waals surface area (Å²) in [6, 6.07) is 0. The molecule has 2 radical (unpaired) electrons. The molecule has 0 atom stereocenters. The van der Waals surface area contributed by atoms with Crippen LogP contribution < -0.4 is 5.59 Å². The van der Waals surface area contributed by atoms with Crippen LogP contribution in [0, 0.1) is 0 Å². The molecule has 0 aliphatic rings. The first-order valence-corrected chi connectivity index (χ1v) is 3.78. The molecule has 0 aliphatic heterocycles. The molecule has 0 unspecified atom stereocenters. The van der Waals surface area contributed by atoms with Crippen molar-refractivity contribution in [2.24, 2.45) is 0 Å². The van der Waals surface area contributed by atoms with Gasteiger partial charge in [0.05, 0.1) is 0 Å². The van der Waals surface area contributed by atoms with E-state index in [0.29, 0.717) is 5.82 Å². The molecule has 1 aromatic rings. The van der Waals surface area contributed by atoms with Crippen LogP contribution in [0.3, 0.4) is 0 Å². The largest absolute Gasteiger partial charge is 0.304 e. The summed E-state index contributed by atoms with van der Waals surface area (Å²) in [6.45, 7) is 6.16. The van der Waals surface area contributed by atoms with Crippen LogP contribution in [0.1, 0.15) is 13.8 Å². The summed E-state index contributed by atoms with van der Waals surface area (Å²) in [6.07, 6.45) is 1.90. The predicted molar refractivity (Wildman–Crippen MR) is 47.5 cm³/mol. The Hall–Kier alpha value is -0.730. The Balaban J connectivity index is 2.58. The van der Waals surface area contributed by atoms with Crippen LogP contribution in [0.4, 0.5) is 0 Å². The molecule has 1 aromatic heterocycles. The van der Waals surface area contributed by atoms with Gasteiger partial charge in [-0.3, -0.25) is 0 Å². The average Bonchev–Trinajstić information content (AvgIpc) is 2.34. The molecule has 0 spiro atoms. The Labute approximate surface area is 68.7 Å². The molecule has 5 heteroatoms. The number of aromatic nitrogens is 3. The van der Waals surface area contributed by atoms with Crippen molar-refractivity contribution < 1.29 is 0 Å². The maximum atomic E-state index is 3.91. The molecule has 0 N–H and O–H groups in total. The molecule has 0 saturated heterocycles. The lowest BCUT2D eigenvalue weighted by atomic mass is 9.77. The van der Waals surface area contributed by atoms with E-state index < -0.39 is 0 Å². The normalized spacial score (nSPS) is 10.2. The lowest BCUT2D eigenvalue weighted by Crippen LogP contribution is -2.12. The fourth-order valence-corrected chi connectivity index (χ4v) is 0.801. The van der Waals surface area contributed by atoms with Crippen molar-refractivity contribution in [1.29, 1.82) is 0 Å². The SMILES string of the molecule is C[B]c1cn([B]C(C)C)nn1. The smallest absolute Gasteiger partial charge is 0.284 e. The van der Waals surface area contributed by atoms with Gasteiger partial charge in [0.2, 0.25) is 0 Å². The van der Waals surface area contributed by atoms with E-state index in [2.05, 4.69) is 24.2 Å². The first kappa shape index (κ1) is 8.37. The first-order chi connectivity index (χ1) is 5.22. The Bertz CT molecular complexity index is 221. The fraction of sp³-hybridized carbons (Fsp3) is 0.667. The van der Waals surface area contributed by atoms with E-state index in [1.54, 1.807) is 4.59 Å². The second-order valence-corrected chi connectivity index (χ2v) is 2.81. The summed E-state index contributed by atoms with van der Waals surface area (Å²) in [4.78, 5) is 0. The number of hydrogen-bond acceptors (Lipinski definition) is 2. The summed E-state index contributed by atoms with van der Waals surface area (Å²) in [5.41, 5.74) is 0.918. The third-order valence-corrected chi connectivity index (χ3v) is 1.27. The summed E-state index contributed by atoms with van der Waals surface area (Å²) in [5.74, 6) is 0.501. The monoisotopic (exact) mass is 147 g/mol. The second kappa shape index (κ2) is 3.60. The van der Waals surface area contributed by atoms with Gasteiger partial charge in [-0.05, 0) is 5.82 Å². The van der Waals surface area contributed by atoms with Crippen LogP contribution in [0.2, 0.25) is 12.6 Å². The minimum atomic E-state index is 0.501.